The third-order valence-electron chi connectivity index (χ3n) is 3.62. The molecule has 0 spiro atoms. The Balaban J connectivity index is 1.88. The normalized spacial score (nSPS) is 11.4. The van der Waals surface area contributed by atoms with E-state index >= 15 is 0 Å². The number of thiocarbonyl (C=S) groups is 1. The first kappa shape index (κ1) is 21.0. The lowest BCUT2D eigenvalue weighted by Crippen LogP contribution is -2.39. The summed E-state index contributed by atoms with van der Waals surface area (Å²) in [6.07, 6.45) is 0. The number of esters is 1. The van der Waals surface area contributed by atoms with Gasteiger partial charge in [0.05, 0.1) is 23.2 Å². The van der Waals surface area contributed by atoms with Crippen LogP contribution >= 0.6 is 23.8 Å². The summed E-state index contributed by atoms with van der Waals surface area (Å²) in [6, 6.07) is 12.8. The molecule has 0 saturated heterocycles. The molecule has 0 aliphatic carbocycles. The Hall–Kier alpha value is -2.31. The standard InChI is InChI=1S/C20H23ClN2O3S/c1-4-25-19(24)17-11-15(7-10-18(17)21)23-20(27)22-14(3)12-26-16-8-5-13(2)6-9-16/h5-11,14H,4,12H2,1-3H3,(H2,22,23,27)/t14-/m1/s1. The van der Waals surface area contributed by atoms with E-state index in [2.05, 4.69) is 10.6 Å². The quantitative estimate of drug-likeness (QED) is 0.518. The van der Waals surface area contributed by atoms with E-state index in [9.17, 15) is 4.79 Å². The lowest BCUT2D eigenvalue weighted by molar-refractivity contribution is 0.0526. The lowest BCUT2D eigenvalue weighted by atomic mass is 10.2. The van der Waals surface area contributed by atoms with Crippen LogP contribution in [0.4, 0.5) is 5.69 Å². The van der Waals surface area contributed by atoms with Crippen molar-refractivity contribution in [2.45, 2.75) is 26.8 Å². The van der Waals surface area contributed by atoms with Crippen LogP contribution in [-0.2, 0) is 4.74 Å². The zero-order valence-corrected chi connectivity index (χ0v) is 17.1. The van der Waals surface area contributed by atoms with Crippen LogP contribution in [0.5, 0.6) is 5.75 Å². The number of carbonyl (C=O) groups is 1. The first-order valence-corrected chi connectivity index (χ1v) is 9.41. The first-order chi connectivity index (χ1) is 12.9. The van der Waals surface area contributed by atoms with Gasteiger partial charge in [0.2, 0.25) is 0 Å². The summed E-state index contributed by atoms with van der Waals surface area (Å²) >= 11 is 11.4. The molecule has 0 unspecified atom stereocenters. The Morgan fingerprint density at radius 1 is 1.22 bits per heavy atom. The van der Waals surface area contributed by atoms with E-state index in [0.717, 1.165) is 5.75 Å². The molecule has 7 heteroatoms. The van der Waals surface area contributed by atoms with Crippen molar-refractivity contribution in [3.05, 3.63) is 58.6 Å². The van der Waals surface area contributed by atoms with Crippen molar-refractivity contribution in [1.29, 1.82) is 0 Å². The average molecular weight is 407 g/mol. The number of hydrogen-bond donors (Lipinski definition) is 2. The summed E-state index contributed by atoms with van der Waals surface area (Å²) in [5, 5.41) is 6.94. The summed E-state index contributed by atoms with van der Waals surface area (Å²) < 4.78 is 10.7. The number of hydrogen-bond acceptors (Lipinski definition) is 4. The van der Waals surface area contributed by atoms with Crippen molar-refractivity contribution in [3.8, 4) is 5.75 Å². The second kappa shape index (κ2) is 10.1. The number of nitrogens with one attached hydrogen (secondary N) is 2. The van der Waals surface area contributed by atoms with Gasteiger partial charge in [0.15, 0.2) is 5.11 Å². The zero-order valence-electron chi connectivity index (χ0n) is 15.5. The fourth-order valence-corrected chi connectivity index (χ4v) is 2.77. The number of benzene rings is 2. The highest BCUT2D eigenvalue weighted by molar-refractivity contribution is 7.80. The predicted molar refractivity (Wildman–Crippen MR) is 113 cm³/mol. The minimum atomic E-state index is -0.468. The lowest BCUT2D eigenvalue weighted by Gasteiger charge is -2.18. The van der Waals surface area contributed by atoms with Gasteiger partial charge in [-0.25, -0.2) is 4.79 Å². The highest BCUT2D eigenvalue weighted by Crippen LogP contribution is 2.21. The van der Waals surface area contributed by atoms with Crippen LogP contribution in [0.15, 0.2) is 42.5 Å². The highest BCUT2D eigenvalue weighted by atomic mass is 35.5. The van der Waals surface area contributed by atoms with Gasteiger partial charge < -0.3 is 20.1 Å². The van der Waals surface area contributed by atoms with Gasteiger partial charge in [0, 0.05) is 5.69 Å². The van der Waals surface area contributed by atoms with Crippen molar-refractivity contribution in [1.82, 2.24) is 5.32 Å². The first-order valence-electron chi connectivity index (χ1n) is 8.62. The monoisotopic (exact) mass is 406 g/mol. The molecule has 5 nitrogen and oxygen atoms in total. The number of aryl methyl sites for hydroxylation is 1. The maximum absolute atomic E-state index is 11.9. The Morgan fingerprint density at radius 3 is 2.59 bits per heavy atom. The molecule has 0 bridgehead atoms. The topological polar surface area (TPSA) is 59.6 Å². The molecule has 0 aliphatic rings. The molecule has 2 aromatic rings. The number of halogens is 1. The third-order valence-corrected chi connectivity index (χ3v) is 4.17. The molecule has 0 saturated carbocycles. The SMILES string of the molecule is CCOC(=O)c1cc(NC(=S)N[C@H](C)COc2ccc(C)cc2)ccc1Cl. The molecule has 0 fully saturated rings. The van der Waals surface area contributed by atoms with Crippen molar-refractivity contribution in [2.75, 3.05) is 18.5 Å². The third kappa shape index (κ3) is 6.73. The summed E-state index contributed by atoms with van der Waals surface area (Å²) in [4.78, 5) is 11.9. The Morgan fingerprint density at radius 2 is 1.93 bits per heavy atom. The summed E-state index contributed by atoms with van der Waals surface area (Å²) in [5.41, 5.74) is 2.12. The molecular formula is C20H23ClN2O3S. The van der Waals surface area contributed by atoms with Crippen LogP contribution in [-0.4, -0.2) is 30.3 Å². The maximum atomic E-state index is 11.9. The van der Waals surface area contributed by atoms with Gasteiger partial charge in [-0.05, 0) is 63.3 Å². The van der Waals surface area contributed by atoms with Gasteiger partial charge in [-0.2, -0.15) is 0 Å². The molecule has 0 aromatic heterocycles. The van der Waals surface area contributed by atoms with Gasteiger partial charge in [-0.3, -0.25) is 0 Å². The van der Waals surface area contributed by atoms with Gasteiger partial charge in [-0.15, -0.1) is 0 Å². The van der Waals surface area contributed by atoms with Crippen LogP contribution in [0.1, 0.15) is 29.8 Å². The maximum Gasteiger partial charge on any atom is 0.339 e. The largest absolute Gasteiger partial charge is 0.491 e. The van der Waals surface area contributed by atoms with E-state index in [4.69, 9.17) is 33.3 Å². The summed E-state index contributed by atoms with van der Waals surface area (Å²) in [6.45, 7) is 6.48. The number of rotatable bonds is 7. The van der Waals surface area contributed by atoms with Crippen LogP contribution in [0.3, 0.4) is 0 Å². The molecule has 144 valence electrons. The number of carbonyl (C=O) groups excluding carboxylic acids is 1. The van der Waals surface area contributed by atoms with Crippen molar-refractivity contribution >= 4 is 40.6 Å². The van der Waals surface area contributed by atoms with E-state index in [1.165, 1.54) is 5.56 Å². The number of ether oxygens (including phenoxy) is 2. The predicted octanol–water partition coefficient (Wildman–Crippen LogP) is 4.58. The summed E-state index contributed by atoms with van der Waals surface area (Å²) in [7, 11) is 0. The van der Waals surface area contributed by atoms with Crippen LogP contribution in [0, 0.1) is 6.92 Å². The molecular weight excluding hydrogens is 384 g/mol. The minimum Gasteiger partial charge on any atom is -0.491 e. The van der Waals surface area contributed by atoms with Gasteiger partial charge >= 0.3 is 5.97 Å². The van der Waals surface area contributed by atoms with E-state index in [1.54, 1.807) is 25.1 Å². The van der Waals surface area contributed by atoms with Crippen molar-refractivity contribution < 1.29 is 14.3 Å². The van der Waals surface area contributed by atoms with Crippen molar-refractivity contribution in [3.63, 3.8) is 0 Å². The molecule has 2 rings (SSSR count). The smallest absolute Gasteiger partial charge is 0.339 e. The van der Waals surface area contributed by atoms with E-state index in [1.807, 2.05) is 38.1 Å². The molecule has 0 radical (unpaired) electrons. The summed E-state index contributed by atoms with van der Waals surface area (Å²) in [5.74, 6) is 0.342. The van der Waals surface area contributed by atoms with E-state index in [0.29, 0.717) is 28.0 Å². The van der Waals surface area contributed by atoms with Crippen LogP contribution < -0.4 is 15.4 Å². The van der Waals surface area contributed by atoms with E-state index in [-0.39, 0.29) is 12.6 Å². The molecule has 2 aromatic carbocycles. The van der Waals surface area contributed by atoms with Crippen molar-refractivity contribution in [2.24, 2.45) is 0 Å². The van der Waals surface area contributed by atoms with Gasteiger partial charge in [0.1, 0.15) is 12.4 Å². The Labute approximate surface area is 170 Å². The molecule has 27 heavy (non-hydrogen) atoms. The number of anilines is 1. The molecule has 0 heterocycles. The second-order valence-electron chi connectivity index (χ2n) is 6.04. The molecule has 1 atom stereocenters. The van der Waals surface area contributed by atoms with Gasteiger partial charge in [0.25, 0.3) is 0 Å². The van der Waals surface area contributed by atoms with Gasteiger partial charge in [-0.1, -0.05) is 29.3 Å². The average Bonchev–Trinajstić information content (AvgIpc) is 2.63. The molecule has 0 aliphatic heterocycles. The van der Waals surface area contributed by atoms with E-state index < -0.39 is 5.97 Å². The van der Waals surface area contributed by atoms with Crippen LogP contribution in [0.2, 0.25) is 5.02 Å². The molecule has 2 N–H and O–H groups in total. The fourth-order valence-electron chi connectivity index (χ4n) is 2.26. The fraction of sp³-hybridized carbons (Fsp3) is 0.300. The Kier molecular flexibility index (Phi) is 7.88. The minimum absolute atomic E-state index is 0.0110. The second-order valence-corrected chi connectivity index (χ2v) is 6.85. The Bertz CT molecular complexity index is 796. The highest BCUT2D eigenvalue weighted by Gasteiger charge is 2.13. The van der Waals surface area contributed by atoms with Crippen LogP contribution in [0.25, 0.3) is 0 Å². The zero-order chi connectivity index (χ0) is 19.8. The molecule has 0 amide bonds.